The van der Waals surface area contributed by atoms with Gasteiger partial charge < -0.3 is 10.2 Å². The predicted octanol–water partition coefficient (Wildman–Crippen LogP) is 1.87. The van der Waals surface area contributed by atoms with Crippen LogP contribution in [0.5, 0.6) is 0 Å². The van der Waals surface area contributed by atoms with Gasteiger partial charge in [0.2, 0.25) is 11.8 Å². The molecule has 1 aliphatic carbocycles. The molecule has 3 heterocycles. The smallest absolute Gasteiger partial charge is 0.225 e. The zero-order chi connectivity index (χ0) is 17.2. The molecule has 6 nitrogen and oxygen atoms in total. The molecule has 0 radical (unpaired) electrons. The van der Waals surface area contributed by atoms with Gasteiger partial charge in [-0.15, -0.1) is 11.3 Å². The molecular formula is C18H20N4O2S. The Bertz CT molecular complexity index is 772. The first-order valence-corrected chi connectivity index (χ1v) is 9.50. The van der Waals surface area contributed by atoms with Crippen molar-refractivity contribution in [3.8, 4) is 10.6 Å². The van der Waals surface area contributed by atoms with Crippen molar-refractivity contribution in [1.29, 1.82) is 0 Å². The third-order valence-corrected chi connectivity index (χ3v) is 5.62. The number of aromatic nitrogens is 2. The second kappa shape index (κ2) is 6.92. The summed E-state index contributed by atoms with van der Waals surface area (Å²) >= 11 is 1.59. The summed E-state index contributed by atoms with van der Waals surface area (Å²) in [7, 11) is 0. The number of nitrogens with zero attached hydrogens (tertiary/aromatic N) is 3. The molecule has 4 rings (SSSR count). The third kappa shape index (κ3) is 3.71. The van der Waals surface area contributed by atoms with Crippen LogP contribution < -0.4 is 5.32 Å². The third-order valence-electron chi connectivity index (χ3n) is 4.68. The highest BCUT2D eigenvalue weighted by atomic mass is 32.1. The lowest BCUT2D eigenvalue weighted by molar-refractivity contribution is -0.129. The van der Waals surface area contributed by atoms with Crippen molar-refractivity contribution in [3.05, 3.63) is 35.6 Å². The zero-order valence-corrected chi connectivity index (χ0v) is 14.7. The molecular weight excluding hydrogens is 336 g/mol. The lowest BCUT2D eigenvalue weighted by atomic mass is 10.1. The van der Waals surface area contributed by atoms with E-state index in [4.69, 9.17) is 0 Å². The van der Waals surface area contributed by atoms with Gasteiger partial charge in [0.25, 0.3) is 0 Å². The number of amides is 2. The molecule has 1 N–H and O–H groups in total. The number of nitrogens with one attached hydrogen (secondary N) is 1. The lowest BCUT2D eigenvalue weighted by Gasteiger charge is -2.15. The molecule has 2 aliphatic rings. The lowest BCUT2D eigenvalue weighted by Crippen LogP contribution is -2.34. The molecule has 25 heavy (non-hydrogen) atoms. The fourth-order valence-electron chi connectivity index (χ4n) is 3.15. The second-order valence-corrected chi connectivity index (χ2v) is 7.46. The standard InChI is InChI=1S/C18H20N4O2S/c23-16-9-13(10-22(16)15-1-2-15)17(24)20-8-5-14-11-25-18(21-14)12-3-6-19-7-4-12/h3-4,6-7,11,13,15H,1-2,5,8-10H2,(H,20,24)/t13-/m1/s1. The van der Waals surface area contributed by atoms with Gasteiger partial charge in [-0.1, -0.05) is 0 Å². The highest BCUT2D eigenvalue weighted by Crippen LogP contribution is 2.32. The number of hydrogen-bond acceptors (Lipinski definition) is 5. The van der Waals surface area contributed by atoms with E-state index >= 15 is 0 Å². The Hall–Kier alpha value is -2.28. The summed E-state index contributed by atoms with van der Waals surface area (Å²) in [5.41, 5.74) is 2.03. The van der Waals surface area contributed by atoms with Crippen LogP contribution in [-0.2, 0) is 16.0 Å². The van der Waals surface area contributed by atoms with Crippen LogP contribution >= 0.6 is 11.3 Å². The summed E-state index contributed by atoms with van der Waals surface area (Å²) in [6.07, 6.45) is 6.73. The number of rotatable bonds is 6. The first kappa shape index (κ1) is 16.2. The van der Waals surface area contributed by atoms with E-state index in [1.54, 1.807) is 23.7 Å². The zero-order valence-electron chi connectivity index (χ0n) is 13.9. The maximum Gasteiger partial charge on any atom is 0.225 e. The van der Waals surface area contributed by atoms with Crippen molar-refractivity contribution in [1.82, 2.24) is 20.2 Å². The van der Waals surface area contributed by atoms with Gasteiger partial charge in [-0.05, 0) is 25.0 Å². The Morgan fingerprint density at radius 2 is 2.12 bits per heavy atom. The summed E-state index contributed by atoms with van der Waals surface area (Å²) in [6, 6.07) is 4.27. The van der Waals surface area contributed by atoms with Crippen LogP contribution in [0.1, 0.15) is 25.0 Å². The summed E-state index contributed by atoms with van der Waals surface area (Å²) in [5.74, 6) is -0.0823. The Morgan fingerprint density at radius 3 is 2.88 bits per heavy atom. The minimum Gasteiger partial charge on any atom is -0.355 e. The van der Waals surface area contributed by atoms with Gasteiger partial charge in [-0.3, -0.25) is 14.6 Å². The topological polar surface area (TPSA) is 75.2 Å². The van der Waals surface area contributed by atoms with Crippen molar-refractivity contribution in [2.75, 3.05) is 13.1 Å². The van der Waals surface area contributed by atoms with Gasteiger partial charge in [0.05, 0.1) is 11.6 Å². The van der Waals surface area contributed by atoms with Gasteiger partial charge in [-0.25, -0.2) is 4.98 Å². The average Bonchev–Trinajstić information content (AvgIpc) is 3.23. The monoisotopic (exact) mass is 356 g/mol. The number of thiazole rings is 1. The van der Waals surface area contributed by atoms with E-state index in [0.717, 1.165) is 29.1 Å². The number of carbonyl (C=O) groups is 2. The normalized spacial score (nSPS) is 20.1. The molecule has 7 heteroatoms. The molecule has 0 bridgehead atoms. The van der Waals surface area contributed by atoms with E-state index in [-0.39, 0.29) is 17.7 Å². The molecule has 0 spiro atoms. The fraction of sp³-hybridized carbons (Fsp3) is 0.444. The van der Waals surface area contributed by atoms with Gasteiger partial charge in [0.15, 0.2) is 0 Å². The predicted molar refractivity (Wildman–Crippen MR) is 94.9 cm³/mol. The molecule has 130 valence electrons. The van der Waals surface area contributed by atoms with E-state index in [2.05, 4.69) is 15.3 Å². The number of carbonyl (C=O) groups excluding carboxylic acids is 2. The maximum atomic E-state index is 12.3. The summed E-state index contributed by atoms with van der Waals surface area (Å²) in [4.78, 5) is 34.7. The van der Waals surface area contributed by atoms with E-state index in [1.807, 2.05) is 22.4 Å². The first-order chi connectivity index (χ1) is 12.2. The van der Waals surface area contributed by atoms with Crippen molar-refractivity contribution in [2.24, 2.45) is 5.92 Å². The van der Waals surface area contributed by atoms with Crippen LogP contribution in [0.3, 0.4) is 0 Å². The molecule has 1 aliphatic heterocycles. The molecule has 2 aromatic heterocycles. The summed E-state index contributed by atoms with van der Waals surface area (Å²) < 4.78 is 0. The van der Waals surface area contributed by atoms with E-state index in [9.17, 15) is 9.59 Å². The SMILES string of the molecule is O=C(NCCc1csc(-c2ccncc2)n1)[C@@H]1CC(=O)N(C2CC2)C1. The Morgan fingerprint density at radius 1 is 1.32 bits per heavy atom. The molecule has 1 saturated heterocycles. The van der Waals surface area contributed by atoms with Crippen LogP contribution in [0.4, 0.5) is 0 Å². The molecule has 0 unspecified atom stereocenters. The summed E-state index contributed by atoms with van der Waals surface area (Å²) in [5, 5.41) is 5.95. The summed E-state index contributed by atoms with van der Waals surface area (Å²) in [6.45, 7) is 1.13. The van der Waals surface area contributed by atoms with Crippen LogP contribution in [0.15, 0.2) is 29.9 Å². The number of pyridine rings is 1. The Labute approximate surface area is 150 Å². The van der Waals surface area contributed by atoms with Crippen LogP contribution in [0.25, 0.3) is 10.6 Å². The fourth-order valence-corrected chi connectivity index (χ4v) is 4.01. The molecule has 2 amide bonds. The highest BCUT2D eigenvalue weighted by molar-refractivity contribution is 7.13. The van der Waals surface area contributed by atoms with E-state index < -0.39 is 0 Å². The van der Waals surface area contributed by atoms with Gasteiger partial charge in [0.1, 0.15) is 5.01 Å². The van der Waals surface area contributed by atoms with E-state index in [1.165, 1.54) is 0 Å². The van der Waals surface area contributed by atoms with Crippen LogP contribution in [-0.4, -0.2) is 45.8 Å². The number of likely N-dealkylation sites (tertiary alicyclic amines) is 1. The quantitative estimate of drug-likeness (QED) is 0.857. The Balaban J connectivity index is 1.26. The van der Waals surface area contributed by atoms with Crippen LogP contribution in [0.2, 0.25) is 0 Å². The minimum absolute atomic E-state index is 0.0129. The van der Waals surface area contributed by atoms with Crippen molar-refractivity contribution in [2.45, 2.75) is 31.7 Å². The van der Waals surface area contributed by atoms with Crippen molar-refractivity contribution < 1.29 is 9.59 Å². The van der Waals surface area contributed by atoms with Gasteiger partial charge >= 0.3 is 0 Å². The molecule has 1 atom stereocenters. The molecule has 2 fully saturated rings. The van der Waals surface area contributed by atoms with Crippen molar-refractivity contribution >= 4 is 23.2 Å². The Kier molecular flexibility index (Phi) is 4.48. The maximum absolute atomic E-state index is 12.3. The average molecular weight is 356 g/mol. The van der Waals surface area contributed by atoms with Gasteiger partial charge in [0, 0.05) is 55.3 Å². The number of hydrogen-bond donors (Lipinski definition) is 1. The van der Waals surface area contributed by atoms with Crippen molar-refractivity contribution in [3.63, 3.8) is 0 Å². The molecule has 0 aromatic carbocycles. The second-order valence-electron chi connectivity index (χ2n) is 6.60. The minimum atomic E-state index is -0.198. The first-order valence-electron chi connectivity index (χ1n) is 8.62. The molecule has 2 aromatic rings. The largest absolute Gasteiger partial charge is 0.355 e. The van der Waals surface area contributed by atoms with Crippen LogP contribution in [0, 0.1) is 5.92 Å². The highest BCUT2D eigenvalue weighted by Gasteiger charge is 2.41. The molecule has 1 saturated carbocycles. The van der Waals surface area contributed by atoms with Gasteiger partial charge in [-0.2, -0.15) is 0 Å². The van der Waals surface area contributed by atoms with E-state index in [0.29, 0.717) is 32.0 Å².